The molecular formula is C8H12N2O2. The topological polar surface area (TPSA) is 54.9 Å². The smallest absolute Gasteiger partial charge is 0.314 e. The van der Waals surface area contributed by atoms with Crippen molar-refractivity contribution < 1.29 is 0 Å². The van der Waals surface area contributed by atoms with E-state index in [-0.39, 0.29) is 17.3 Å². The molecular weight excluding hydrogens is 156 g/mol. The Morgan fingerprint density at radius 1 is 1.58 bits per heavy atom. The Hall–Kier alpha value is -1.32. The third-order valence-corrected chi connectivity index (χ3v) is 1.92. The molecule has 1 aromatic rings. The maximum atomic E-state index is 11.2. The van der Waals surface area contributed by atoms with Gasteiger partial charge in [0.2, 0.25) is 0 Å². The Kier molecular flexibility index (Phi) is 2.47. The molecule has 0 aliphatic heterocycles. The van der Waals surface area contributed by atoms with E-state index < -0.39 is 0 Å². The zero-order valence-electron chi connectivity index (χ0n) is 7.20. The number of hydrogen-bond acceptors (Lipinski definition) is 2. The van der Waals surface area contributed by atoms with Crippen molar-refractivity contribution in [3.8, 4) is 0 Å². The molecule has 66 valence electrons. The lowest BCUT2D eigenvalue weighted by atomic mass is 10.2. The lowest BCUT2D eigenvalue weighted by Crippen LogP contribution is -2.35. The molecule has 0 aliphatic rings. The van der Waals surface area contributed by atoms with Crippen molar-refractivity contribution in [1.29, 1.82) is 0 Å². The van der Waals surface area contributed by atoms with Gasteiger partial charge in [0.05, 0.1) is 0 Å². The van der Waals surface area contributed by atoms with Crippen LogP contribution < -0.4 is 11.2 Å². The molecule has 4 nitrogen and oxygen atoms in total. The van der Waals surface area contributed by atoms with E-state index in [0.717, 1.165) is 6.42 Å². The molecule has 1 aromatic heterocycles. The number of nitrogens with zero attached hydrogens (tertiary/aromatic N) is 1. The summed E-state index contributed by atoms with van der Waals surface area (Å²) >= 11 is 0. The third-order valence-electron chi connectivity index (χ3n) is 1.92. The summed E-state index contributed by atoms with van der Waals surface area (Å²) in [5.41, 5.74) is -0.579. The molecule has 0 saturated heterocycles. The normalized spacial score (nSPS) is 12.8. The lowest BCUT2D eigenvalue weighted by Gasteiger charge is -2.09. The van der Waals surface area contributed by atoms with Crippen LogP contribution >= 0.6 is 0 Å². The van der Waals surface area contributed by atoms with Crippen LogP contribution in [0.2, 0.25) is 0 Å². The van der Waals surface area contributed by atoms with Crippen molar-refractivity contribution in [1.82, 2.24) is 9.55 Å². The minimum Gasteiger partial charge on any atom is -0.314 e. The number of rotatable bonds is 2. The molecule has 0 amide bonds. The minimum atomic E-state index is -0.336. The summed E-state index contributed by atoms with van der Waals surface area (Å²) in [6, 6.07) is 1.32. The molecule has 4 heteroatoms. The van der Waals surface area contributed by atoms with Gasteiger partial charge >= 0.3 is 5.69 Å². The first-order valence-electron chi connectivity index (χ1n) is 3.97. The maximum Gasteiger partial charge on any atom is 0.328 e. The van der Waals surface area contributed by atoms with Gasteiger partial charge in [-0.25, -0.2) is 4.79 Å². The van der Waals surface area contributed by atoms with Gasteiger partial charge in [-0.1, -0.05) is 6.92 Å². The van der Waals surface area contributed by atoms with Crippen molar-refractivity contribution in [2.45, 2.75) is 26.3 Å². The summed E-state index contributed by atoms with van der Waals surface area (Å²) in [5, 5.41) is 0. The fourth-order valence-electron chi connectivity index (χ4n) is 1.03. The molecule has 0 aromatic carbocycles. The molecule has 0 bridgehead atoms. The molecule has 12 heavy (non-hydrogen) atoms. The maximum absolute atomic E-state index is 11.2. The third kappa shape index (κ3) is 1.47. The average molecular weight is 168 g/mol. The fourth-order valence-corrected chi connectivity index (χ4v) is 1.03. The Balaban J connectivity index is 3.31. The van der Waals surface area contributed by atoms with Crippen LogP contribution in [0.15, 0.2) is 21.9 Å². The summed E-state index contributed by atoms with van der Waals surface area (Å²) < 4.78 is 1.22. The molecule has 1 N–H and O–H groups in total. The summed E-state index contributed by atoms with van der Waals surface area (Å²) in [5.74, 6) is 0. The Labute approximate surface area is 69.9 Å². The van der Waals surface area contributed by atoms with Crippen LogP contribution in [0.1, 0.15) is 26.3 Å². The first kappa shape index (κ1) is 8.77. The van der Waals surface area contributed by atoms with Gasteiger partial charge in [0.1, 0.15) is 0 Å². The van der Waals surface area contributed by atoms with Crippen molar-refractivity contribution in [3.63, 3.8) is 0 Å². The number of hydrogen-bond donors (Lipinski definition) is 1. The second kappa shape index (κ2) is 3.38. The van der Waals surface area contributed by atoms with E-state index in [9.17, 15) is 9.59 Å². The van der Waals surface area contributed by atoms with Crippen LogP contribution in [-0.2, 0) is 0 Å². The second-order valence-corrected chi connectivity index (χ2v) is 2.75. The van der Waals surface area contributed by atoms with Gasteiger partial charge in [0, 0.05) is 18.3 Å². The first-order chi connectivity index (χ1) is 5.66. The van der Waals surface area contributed by atoms with Crippen molar-refractivity contribution in [2.75, 3.05) is 0 Å². The molecule has 0 aliphatic carbocycles. The van der Waals surface area contributed by atoms with Crippen molar-refractivity contribution in [2.24, 2.45) is 0 Å². The Morgan fingerprint density at radius 3 is 2.75 bits per heavy atom. The summed E-state index contributed by atoms with van der Waals surface area (Å²) in [6.45, 7) is 3.78. The van der Waals surface area contributed by atoms with E-state index >= 15 is 0 Å². The average Bonchev–Trinajstić information content (AvgIpc) is 2.03. The van der Waals surface area contributed by atoms with Crippen molar-refractivity contribution in [3.05, 3.63) is 33.1 Å². The van der Waals surface area contributed by atoms with E-state index in [1.54, 1.807) is 0 Å². The lowest BCUT2D eigenvalue weighted by molar-refractivity contribution is 0.489. The predicted octanol–water partition coefficient (Wildman–Crippen LogP) is 0.508. The van der Waals surface area contributed by atoms with Crippen LogP contribution in [0.3, 0.4) is 0 Å². The van der Waals surface area contributed by atoms with Crippen LogP contribution in [0.5, 0.6) is 0 Å². The van der Waals surface area contributed by atoms with Crippen molar-refractivity contribution >= 4 is 0 Å². The second-order valence-electron chi connectivity index (χ2n) is 2.75. The highest BCUT2D eigenvalue weighted by molar-refractivity contribution is 4.84. The van der Waals surface area contributed by atoms with Gasteiger partial charge in [-0.2, -0.15) is 0 Å². The zero-order valence-corrected chi connectivity index (χ0v) is 7.20. The summed E-state index contributed by atoms with van der Waals surface area (Å²) in [4.78, 5) is 24.8. The van der Waals surface area contributed by atoms with Crippen LogP contribution in [0, 0.1) is 0 Å². The largest absolute Gasteiger partial charge is 0.328 e. The number of aromatic nitrogens is 2. The summed E-state index contributed by atoms with van der Waals surface area (Å²) in [6.07, 6.45) is 2.14. The molecule has 1 unspecified atom stereocenters. The van der Waals surface area contributed by atoms with E-state index in [1.807, 2.05) is 13.8 Å². The van der Waals surface area contributed by atoms with Gasteiger partial charge in [-0.05, 0) is 13.3 Å². The van der Waals surface area contributed by atoms with Crippen LogP contribution in [0.4, 0.5) is 0 Å². The molecule has 0 fully saturated rings. The molecule has 0 spiro atoms. The van der Waals surface area contributed by atoms with E-state index in [2.05, 4.69) is 4.98 Å². The standard InChI is InChI=1S/C8H12N2O2/c1-3-6(2)10-7(11)4-5-9-8(10)12/h4-6H,3H2,1-2H3,(H,9,12). The number of aromatic amines is 1. The molecule has 1 heterocycles. The highest BCUT2D eigenvalue weighted by Gasteiger charge is 2.05. The van der Waals surface area contributed by atoms with Gasteiger partial charge < -0.3 is 4.98 Å². The molecule has 0 radical (unpaired) electrons. The Bertz CT molecular complexity index is 336. The highest BCUT2D eigenvalue weighted by atomic mass is 16.2. The van der Waals surface area contributed by atoms with Gasteiger partial charge in [-0.3, -0.25) is 9.36 Å². The van der Waals surface area contributed by atoms with E-state index in [4.69, 9.17) is 0 Å². The zero-order chi connectivity index (χ0) is 9.14. The van der Waals surface area contributed by atoms with Gasteiger partial charge in [0.15, 0.2) is 0 Å². The molecule has 1 atom stereocenters. The molecule has 1 rings (SSSR count). The van der Waals surface area contributed by atoms with Gasteiger partial charge in [-0.15, -0.1) is 0 Å². The monoisotopic (exact) mass is 168 g/mol. The highest BCUT2D eigenvalue weighted by Crippen LogP contribution is 2.01. The summed E-state index contributed by atoms with van der Waals surface area (Å²) in [7, 11) is 0. The first-order valence-corrected chi connectivity index (χ1v) is 3.97. The fraction of sp³-hybridized carbons (Fsp3) is 0.500. The van der Waals surface area contributed by atoms with Crippen LogP contribution in [-0.4, -0.2) is 9.55 Å². The quantitative estimate of drug-likeness (QED) is 0.699. The predicted molar refractivity (Wildman–Crippen MR) is 46.3 cm³/mol. The van der Waals surface area contributed by atoms with E-state index in [0.29, 0.717) is 0 Å². The van der Waals surface area contributed by atoms with E-state index in [1.165, 1.54) is 16.8 Å². The number of H-pyrrole nitrogens is 1. The van der Waals surface area contributed by atoms with Crippen LogP contribution in [0.25, 0.3) is 0 Å². The SMILES string of the molecule is CCC(C)n1c(=O)cc[nH]c1=O. The van der Waals surface area contributed by atoms with Gasteiger partial charge in [0.25, 0.3) is 5.56 Å². The number of nitrogens with one attached hydrogen (secondary N) is 1. The Morgan fingerprint density at radius 2 is 2.25 bits per heavy atom. The molecule has 0 saturated carbocycles. The minimum absolute atomic E-state index is 0.0394.